The van der Waals surface area contributed by atoms with Crippen LogP contribution >= 0.6 is 0 Å². The summed E-state index contributed by atoms with van der Waals surface area (Å²) in [6.45, 7) is 4.90. The standard InChI is InChI=1S/C11H14FN3/c1-3-4-15-7(2)14-10-5-8(12)9(13)6-11(10)15/h5-6H,3-4,13H2,1-2H3. The molecule has 0 fully saturated rings. The molecule has 2 aromatic rings. The average molecular weight is 207 g/mol. The van der Waals surface area contributed by atoms with Crippen molar-refractivity contribution in [2.75, 3.05) is 5.73 Å². The van der Waals surface area contributed by atoms with Crippen molar-refractivity contribution in [3.63, 3.8) is 0 Å². The molecule has 4 heteroatoms. The second-order valence-electron chi connectivity index (χ2n) is 3.67. The number of rotatable bonds is 2. The SMILES string of the molecule is CCCn1c(C)nc2cc(F)c(N)cc21. The highest BCUT2D eigenvalue weighted by molar-refractivity contribution is 5.80. The van der Waals surface area contributed by atoms with Crippen LogP contribution < -0.4 is 5.73 Å². The number of imidazole rings is 1. The van der Waals surface area contributed by atoms with Gasteiger partial charge in [-0.2, -0.15) is 0 Å². The summed E-state index contributed by atoms with van der Waals surface area (Å²) in [6, 6.07) is 3.05. The molecule has 0 bridgehead atoms. The van der Waals surface area contributed by atoms with Gasteiger partial charge < -0.3 is 10.3 Å². The van der Waals surface area contributed by atoms with E-state index in [-0.39, 0.29) is 5.69 Å². The van der Waals surface area contributed by atoms with Crippen LogP contribution in [0.4, 0.5) is 10.1 Å². The molecule has 0 saturated heterocycles. The van der Waals surface area contributed by atoms with Gasteiger partial charge in [0.2, 0.25) is 0 Å². The maximum absolute atomic E-state index is 13.2. The minimum Gasteiger partial charge on any atom is -0.396 e. The molecule has 15 heavy (non-hydrogen) atoms. The Labute approximate surface area is 87.7 Å². The first kappa shape index (κ1) is 9.96. The van der Waals surface area contributed by atoms with Crippen molar-refractivity contribution in [1.29, 1.82) is 0 Å². The van der Waals surface area contributed by atoms with E-state index in [1.165, 1.54) is 6.07 Å². The van der Waals surface area contributed by atoms with Gasteiger partial charge in [-0.25, -0.2) is 9.37 Å². The highest BCUT2D eigenvalue weighted by atomic mass is 19.1. The predicted molar refractivity (Wildman–Crippen MR) is 59.1 cm³/mol. The average Bonchev–Trinajstić information content (AvgIpc) is 2.46. The van der Waals surface area contributed by atoms with E-state index < -0.39 is 5.82 Å². The zero-order chi connectivity index (χ0) is 11.0. The molecule has 0 radical (unpaired) electrons. The van der Waals surface area contributed by atoms with Crippen molar-refractivity contribution < 1.29 is 4.39 Å². The molecule has 3 nitrogen and oxygen atoms in total. The molecule has 0 unspecified atom stereocenters. The van der Waals surface area contributed by atoms with Crippen LogP contribution in [-0.2, 0) is 6.54 Å². The van der Waals surface area contributed by atoms with E-state index in [4.69, 9.17) is 5.73 Å². The first-order valence-corrected chi connectivity index (χ1v) is 5.05. The van der Waals surface area contributed by atoms with Gasteiger partial charge in [-0.3, -0.25) is 0 Å². The van der Waals surface area contributed by atoms with Gasteiger partial charge in [-0.15, -0.1) is 0 Å². The highest BCUT2D eigenvalue weighted by Crippen LogP contribution is 2.22. The van der Waals surface area contributed by atoms with Crippen molar-refractivity contribution in [3.05, 3.63) is 23.8 Å². The van der Waals surface area contributed by atoms with E-state index in [1.807, 2.05) is 6.92 Å². The van der Waals surface area contributed by atoms with Crippen LogP contribution in [-0.4, -0.2) is 9.55 Å². The molecular formula is C11H14FN3. The Kier molecular flexibility index (Phi) is 2.34. The summed E-state index contributed by atoms with van der Waals surface area (Å²) in [5, 5.41) is 0. The number of nitrogens with zero attached hydrogens (tertiary/aromatic N) is 2. The lowest BCUT2D eigenvalue weighted by Crippen LogP contribution is -1.99. The summed E-state index contributed by atoms with van der Waals surface area (Å²) in [5.41, 5.74) is 7.31. The number of halogens is 1. The van der Waals surface area contributed by atoms with E-state index in [0.717, 1.165) is 24.3 Å². The van der Waals surface area contributed by atoms with Gasteiger partial charge in [0.25, 0.3) is 0 Å². The minimum atomic E-state index is -0.399. The number of nitrogen functional groups attached to an aromatic ring is 1. The van der Waals surface area contributed by atoms with Crippen LogP contribution in [0, 0.1) is 12.7 Å². The fourth-order valence-corrected chi connectivity index (χ4v) is 1.79. The fraction of sp³-hybridized carbons (Fsp3) is 0.364. The Bertz CT molecular complexity index is 502. The lowest BCUT2D eigenvalue weighted by atomic mass is 10.2. The molecule has 1 heterocycles. The number of hydrogen-bond acceptors (Lipinski definition) is 2. The first-order valence-electron chi connectivity index (χ1n) is 5.05. The van der Waals surface area contributed by atoms with E-state index in [1.54, 1.807) is 6.07 Å². The van der Waals surface area contributed by atoms with Crippen molar-refractivity contribution in [1.82, 2.24) is 9.55 Å². The van der Waals surface area contributed by atoms with E-state index in [9.17, 15) is 4.39 Å². The lowest BCUT2D eigenvalue weighted by Gasteiger charge is -2.04. The Morgan fingerprint density at radius 3 is 2.87 bits per heavy atom. The van der Waals surface area contributed by atoms with Crippen LogP contribution in [0.5, 0.6) is 0 Å². The zero-order valence-corrected chi connectivity index (χ0v) is 8.92. The topological polar surface area (TPSA) is 43.8 Å². The van der Waals surface area contributed by atoms with Crippen LogP contribution in [0.25, 0.3) is 11.0 Å². The third-order valence-electron chi connectivity index (χ3n) is 2.50. The molecule has 2 N–H and O–H groups in total. The minimum absolute atomic E-state index is 0.180. The highest BCUT2D eigenvalue weighted by Gasteiger charge is 2.09. The van der Waals surface area contributed by atoms with Gasteiger partial charge in [0.1, 0.15) is 11.6 Å². The van der Waals surface area contributed by atoms with Gasteiger partial charge in [-0.1, -0.05) is 6.92 Å². The largest absolute Gasteiger partial charge is 0.396 e. The number of anilines is 1. The van der Waals surface area contributed by atoms with Gasteiger partial charge in [-0.05, 0) is 19.4 Å². The van der Waals surface area contributed by atoms with Crippen LogP contribution in [0.2, 0.25) is 0 Å². The quantitative estimate of drug-likeness (QED) is 0.769. The Morgan fingerprint density at radius 2 is 2.20 bits per heavy atom. The number of aryl methyl sites for hydroxylation is 2. The summed E-state index contributed by atoms with van der Waals surface area (Å²) in [6.07, 6.45) is 1.02. The molecule has 1 aromatic heterocycles. The number of benzene rings is 1. The third-order valence-corrected chi connectivity index (χ3v) is 2.50. The second kappa shape index (κ2) is 3.53. The Morgan fingerprint density at radius 1 is 1.47 bits per heavy atom. The first-order chi connectivity index (χ1) is 7.13. The van der Waals surface area contributed by atoms with Gasteiger partial charge in [0.05, 0.1) is 16.7 Å². The molecule has 0 spiro atoms. The zero-order valence-electron chi connectivity index (χ0n) is 8.92. The Hall–Kier alpha value is -1.58. The van der Waals surface area contributed by atoms with Gasteiger partial charge in [0.15, 0.2) is 0 Å². The van der Waals surface area contributed by atoms with E-state index in [2.05, 4.69) is 16.5 Å². The molecule has 0 aliphatic carbocycles. The van der Waals surface area contributed by atoms with Crippen molar-refractivity contribution in [2.45, 2.75) is 26.8 Å². The molecule has 0 saturated carbocycles. The van der Waals surface area contributed by atoms with Crippen LogP contribution in [0.1, 0.15) is 19.2 Å². The molecular weight excluding hydrogens is 193 g/mol. The fourth-order valence-electron chi connectivity index (χ4n) is 1.79. The van der Waals surface area contributed by atoms with Crippen LogP contribution in [0.15, 0.2) is 12.1 Å². The molecule has 0 aliphatic rings. The Balaban J connectivity index is 2.70. The number of aromatic nitrogens is 2. The van der Waals surface area contributed by atoms with Crippen molar-refractivity contribution >= 4 is 16.7 Å². The molecule has 0 aliphatic heterocycles. The third kappa shape index (κ3) is 1.56. The monoisotopic (exact) mass is 207 g/mol. The summed E-state index contributed by atoms with van der Waals surface area (Å²) >= 11 is 0. The lowest BCUT2D eigenvalue weighted by molar-refractivity contribution is 0.633. The van der Waals surface area contributed by atoms with Crippen LogP contribution in [0.3, 0.4) is 0 Å². The molecule has 0 atom stereocenters. The van der Waals surface area contributed by atoms with E-state index in [0.29, 0.717) is 5.52 Å². The number of nitrogens with two attached hydrogens (primary N) is 1. The molecule has 80 valence electrons. The summed E-state index contributed by atoms with van der Waals surface area (Å²) < 4.78 is 15.3. The number of fused-ring (bicyclic) bond motifs is 1. The van der Waals surface area contributed by atoms with E-state index >= 15 is 0 Å². The normalized spacial score (nSPS) is 11.1. The smallest absolute Gasteiger partial charge is 0.148 e. The second-order valence-corrected chi connectivity index (χ2v) is 3.67. The maximum atomic E-state index is 13.2. The summed E-state index contributed by atoms with van der Waals surface area (Å²) in [7, 11) is 0. The van der Waals surface area contributed by atoms with Gasteiger partial charge >= 0.3 is 0 Å². The summed E-state index contributed by atoms with van der Waals surface area (Å²) in [5.74, 6) is 0.500. The van der Waals surface area contributed by atoms with Gasteiger partial charge in [0, 0.05) is 12.6 Å². The molecule has 1 aromatic carbocycles. The maximum Gasteiger partial charge on any atom is 0.148 e. The predicted octanol–water partition coefficient (Wildman–Crippen LogP) is 2.48. The molecule has 2 rings (SSSR count). The number of hydrogen-bond donors (Lipinski definition) is 1. The molecule has 0 amide bonds. The van der Waals surface area contributed by atoms with Crippen molar-refractivity contribution in [3.8, 4) is 0 Å². The summed E-state index contributed by atoms with van der Waals surface area (Å²) in [4.78, 5) is 4.30. The van der Waals surface area contributed by atoms with Crippen molar-refractivity contribution in [2.24, 2.45) is 0 Å².